The first-order valence-corrected chi connectivity index (χ1v) is 7.02. The summed E-state index contributed by atoms with van der Waals surface area (Å²) in [6, 6.07) is 20.0. The third-order valence-corrected chi connectivity index (χ3v) is 3.69. The van der Waals surface area contributed by atoms with Gasteiger partial charge >= 0.3 is 0 Å². The molecule has 0 aliphatic rings. The normalized spacial score (nSPS) is 12.6. The van der Waals surface area contributed by atoms with Crippen LogP contribution in [0.2, 0.25) is 0 Å². The van der Waals surface area contributed by atoms with Gasteiger partial charge in [0.15, 0.2) is 0 Å². The lowest BCUT2D eigenvalue weighted by molar-refractivity contribution is 0.424. The van der Waals surface area contributed by atoms with Crippen LogP contribution in [0.5, 0.6) is 0 Å². The molecule has 1 atom stereocenters. The van der Waals surface area contributed by atoms with E-state index in [1.807, 2.05) is 7.05 Å². The molecule has 0 saturated heterocycles. The smallest absolute Gasteiger partial charge is 0.0127 e. The maximum absolute atomic E-state index is 3.40. The Hall–Kier alpha value is -1.60. The van der Waals surface area contributed by atoms with Crippen LogP contribution < -0.4 is 5.32 Å². The van der Waals surface area contributed by atoms with Gasteiger partial charge in [-0.3, -0.25) is 0 Å². The Kier molecular flexibility index (Phi) is 4.75. The predicted octanol–water partition coefficient (Wildman–Crippen LogP) is 4.14. The molecule has 1 N–H and O–H groups in total. The second-order valence-electron chi connectivity index (χ2n) is 5.41. The van der Waals surface area contributed by atoms with E-state index in [1.165, 1.54) is 16.7 Å². The second-order valence-corrected chi connectivity index (χ2v) is 5.41. The molecule has 100 valence electrons. The number of benzene rings is 2. The number of hydrogen-bond acceptors (Lipinski definition) is 1. The molecule has 0 fully saturated rings. The van der Waals surface area contributed by atoms with Crippen LogP contribution >= 0.6 is 0 Å². The second kappa shape index (κ2) is 6.53. The first-order valence-electron chi connectivity index (χ1n) is 7.02. The molecule has 0 aliphatic heterocycles. The molecule has 0 aliphatic carbocycles. The summed E-state index contributed by atoms with van der Waals surface area (Å²) < 4.78 is 0. The summed E-state index contributed by atoms with van der Waals surface area (Å²) in [5, 5.41) is 3.40. The van der Waals surface area contributed by atoms with Crippen LogP contribution in [-0.4, -0.2) is 13.1 Å². The topological polar surface area (TPSA) is 12.0 Å². The Morgan fingerprint density at radius 2 is 1.42 bits per heavy atom. The summed E-state index contributed by atoms with van der Waals surface area (Å²) in [7, 11) is 2.04. The molecule has 1 unspecified atom stereocenters. The number of hydrogen-bond donors (Lipinski definition) is 1. The quantitative estimate of drug-likeness (QED) is 0.844. The van der Waals surface area contributed by atoms with Gasteiger partial charge < -0.3 is 5.32 Å². The van der Waals surface area contributed by atoms with Crippen molar-refractivity contribution in [2.45, 2.75) is 26.3 Å². The molecule has 2 rings (SSSR count). The van der Waals surface area contributed by atoms with Crippen molar-refractivity contribution < 1.29 is 0 Å². The SMILES string of the molecule is CNC(Cc1ccc(-c2ccccc2)cc1)C(C)C. The molecule has 0 heterocycles. The Balaban J connectivity index is 2.11. The standard InChI is InChI=1S/C18H23N/c1-14(2)18(19-3)13-15-9-11-17(12-10-15)16-7-5-4-6-8-16/h4-12,14,18-19H,13H2,1-3H3. The summed E-state index contributed by atoms with van der Waals surface area (Å²) >= 11 is 0. The predicted molar refractivity (Wildman–Crippen MR) is 83.3 cm³/mol. The molecule has 1 nitrogen and oxygen atoms in total. The van der Waals surface area contributed by atoms with Crippen molar-refractivity contribution in [2.75, 3.05) is 7.05 Å². The molecular weight excluding hydrogens is 230 g/mol. The Morgan fingerprint density at radius 3 is 1.95 bits per heavy atom. The molecule has 0 radical (unpaired) electrons. The van der Waals surface area contributed by atoms with Gasteiger partial charge in [-0.15, -0.1) is 0 Å². The van der Waals surface area contributed by atoms with Crippen molar-refractivity contribution in [2.24, 2.45) is 5.92 Å². The third kappa shape index (κ3) is 3.68. The largest absolute Gasteiger partial charge is 0.316 e. The highest BCUT2D eigenvalue weighted by Crippen LogP contribution is 2.20. The third-order valence-electron chi connectivity index (χ3n) is 3.69. The Bertz CT molecular complexity index is 485. The summed E-state index contributed by atoms with van der Waals surface area (Å²) in [5.41, 5.74) is 3.96. The van der Waals surface area contributed by atoms with E-state index < -0.39 is 0 Å². The number of nitrogens with one attached hydrogen (secondary N) is 1. The highest BCUT2D eigenvalue weighted by molar-refractivity contribution is 5.63. The number of rotatable bonds is 5. The van der Waals surface area contributed by atoms with Crippen LogP contribution in [-0.2, 0) is 6.42 Å². The molecule has 19 heavy (non-hydrogen) atoms. The molecule has 1 heteroatoms. The van der Waals surface area contributed by atoms with Gasteiger partial charge in [-0.25, -0.2) is 0 Å². The fourth-order valence-corrected chi connectivity index (χ4v) is 2.39. The highest BCUT2D eigenvalue weighted by atomic mass is 14.9. The van der Waals surface area contributed by atoms with E-state index in [0.29, 0.717) is 12.0 Å². The molecule has 2 aromatic carbocycles. The van der Waals surface area contributed by atoms with Crippen LogP contribution in [0.3, 0.4) is 0 Å². The summed E-state index contributed by atoms with van der Waals surface area (Å²) in [5.74, 6) is 0.652. The van der Waals surface area contributed by atoms with Gasteiger partial charge in [0.2, 0.25) is 0 Å². The van der Waals surface area contributed by atoms with Gasteiger partial charge in [0.25, 0.3) is 0 Å². The van der Waals surface area contributed by atoms with Crippen molar-refractivity contribution in [3.63, 3.8) is 0 Å². The zero-order chi connectivity index (χ0) is 13.7. The zero-order valence-electron chi connectivity index (χ0n) is 12.1. The van der Waals surface area contributed by atoms with E-state index >= 15 is 0 Å². The Morgan fingerprint density at radius 1 is 0.842 bits per heavy atom. The van der Waals surface area contributed by atoms with E-state index in [4.69, 9.17) is 0 Å². The number of likely N-dealkylation sites (N-methyl/N-ethyl adjacent to an activating group) is 1. The average molecular weight is 253 g/mol. The molecule has 0 bridgehead atoms. The maximum Gasteiger partial charge on any atom is 0.0127 e. The van der Waals surface area contributed by atoms with E-state index in [-0.39, 0.29) is 0 Å². The molecule has 0 amide bonds. The monoisotopic (exact) mass is 253 g/mol. The lowest BCUT2D eigenvalue weighted by atomic mass is 9.95. The summed E-state index contributed by atoms with van der Waals surface area (Å²) in [6.07, 6.45) is 1.09. The van der Waals surface area contributed by atoms with Crippen molar-refractivity contribution in [1.29, 1.82) is 0 Å². The fraction of sp³-hybridized carbons (Fsp3) is 0.333. The first kappa shape index (κ1) is 13.8. The lowest BCUT2D eigenvalue weighted by Crippen LogP contribution is -2.32. The van der Waals surface area contributed by atoms with Gasteiger partial charge in [0.05, 0.1) is 0 Å². The van der Waals surface area contributed by atoms with Crippen LogP contribution in [0.1, 0.15) is 19.4 Å². The van der Waals surface area contributed by atoms with E-state index in [2.05, 4.69) is 73.8 Å². The molecule has 0 aromatic heterocycles. The highest BCUT2D eigenvalue weighted by Gasteiger charge is 2.11. The minimum absolute atomic E-state index is 0.544. The molecular formula is C18H23N. The van der Waals surface area contributed by atoms with Crippen LogP contribution in [0.15, 0.2) is 54.6 Å². The molecule has 0 saturated carbocycles. The van der Waals surface area contributed by atoms with Crippen LogP contribution in [0, 0.1) is 5.92 Å². The van der Waals surface area contributed by atoms with E-state index in [1.54, 1.807) is 0 Å². The Labute approximate surface area is 116 Å². The van der Waals surface area contributed by atoms with Crippen LogP contribution in [0.25, 0.3) is 11.1 Å². The first-order chi connectivity index (χ1) is 9.20. The maximum atomic E-state index is 3.40. The van der Waals surface area contributed by atoms with E-state index in [0.717, 1.165) is 6.42 Å². The van der Waals surface area contributed by atoms with Gasteiger partial charge in [0, 0.05) is 6.04 Å². The summed E-state index contributed by atoms with van der Waals surface area (Å²) in [6.45, 7) is 4.53. The summed E-state index contributed by atoms with van der Waals surface area (Å²) in [4.78, 5) is 0. The van der Waals surface area contributed by atoms with E-state index in [9.17, 15) is 0 Å². The van der Waals surface area contributed by atoms with Crippen molar-refractivity contribution in [3.8, 4) is 11.1 Å². The minimum Gasteiger partial charge on any atom is -0.316 e. The van der Waals surface area contributed by atoms with Gasteiger partial charge in [-0.2, -0.15) is 0 Å². The average Bonchev–Trinajstić information content (AvgIpc) is 2.46. The fourth-order valence-electron chi connectivity index (χ4n) is 2.39. The minimum atomic E-state index is 0.544. The van der Waals surface area contributed by atoms with Crippen molar-refractivity contribution in [1.82, 2.24) is 5.32 Å². The van der Waals surface area contributed by atoms with Gasteiger partial charge in [0.1, 0.15) is 0 Å². The molecule has 2 aromatic rings. The molecule has 0 spiro atoms. The van der Waals surface area contributed by atoms with Crippen molar-refractivity contribution in [3.05, 3.63) is 60.2 Å². The van der Waals surface area contributed by atoms with Gasteiger partial charge in [-0.1, -0.05) is 68.4 Å². The lowest BCUT2D eigenvalue weighted by Gasteiger charge is -2.20. The van der Waals surface area contributed by atoms with Crippen LogP contribution in [0.4, 0.5) is 0 Å². The zero-order valence-corrected chi connectivity index (χ0v) is 12.1. The van der Waals surface area contributed by atoms with Gasteiger partial charge in [-0.05, 0) is 36.1 Å². The van der Waals surface area contributed by atoms with Crippen molar-refractivity contribution >= 4 is 0 Å².